The third-order valence-corrected chi connectivity index (χ3v) is 5.43. The Labute approximate surface area is 146 Å². The molecule has 2 amide bonds. The van der Waals surface area contributed by atoms with Crippen LogP contribution in [-0.4, -0.2) is 70.7 Å². The van der Waals surface area contributed by atoms with E-state index in [0.29, 0.717) is 0 Å². The predicted octanol–water partition coefficient (Wildman–Crippen LogP) is -1.09. The number of sulfonamides is 1. The molecule has 9 nitrogen and oxygen atoms in total. The molecule has 2 N–H and O–H groups in total. The zero-order chi connectivity index (χ0) is 18.3. The van der Waals surface area contributed by atoms with Gasteiger partial charge in [0.05, 0.1) is 24.7 Å². The van der Waals surface area contributed by atoms with Crippen LogP contribution in [0.5, 0.6) is 0 Å². The van der Waals surface area contributed by atoms with E-state index in [1.54, 1.807) is 18.2 Å². The minimum absolute atomic E-state index is 0.122. The normalized spacial score (nSPS) is 18.0. The molecule has 0 aromatic heterocycles. The fourth-order valence-corrected chi connectivity index (χ4v) is 3.81. The number of benzene rings is 1. The summed E-state index contributed by atoms with van der Waals surface area (Å²) in [5, 5.41) is 4.76. The Hall–Kier alpha value is -2.01. The fraction of sp³-hybridized carbons (Fsp3) is 0.467. The van der Waals surface area contributed by atoms with Crippen molar-refractivity contribution in [1.82, 2.24) is 14.9 Å². The van der Waals surface area contributed by atoms with Gasteiger partial charge in [-0.3, -0.25) is 9.59 Å². The van der Waals surface area contributed by atoms with Crippen LogP contribution in [0.2, 0.25) is 0 Å². The molecule has 1 saturated heterocycles. The van der Waals surface area contributed by atoms with Crippen LogP contribution < -0.4 is 10.6 Å². The molecule has 1 aromatic carbocycles. The molecule has 0 radical (unpaired) electrons. The molecule has 0 spiro atoms. The van der Waals surface area contributed by atoms with Crippen LogP contribution in [-0.2, 0) is 29.1 Å². The molecule has 1 aliphatic rings. The Morgan fingerprint density at radius 2 is 1.92 bits per heavy atom. The molecule has 0 bridgehead atoms. The van der Waals surface area contributed by atoms with Crippen LogP contribution in [0, 0.1) is 0 Å². The van der Waals surface area contributed by atoms with Crippen LogP contribution in [0.1, 0.15) is 0 Å². The van der Waals surface area contributed by atoms with Crippen LogP contribution in [0.3, 0.4) is 0 Å². The summed E-state index contributed by atoms with van der Waals surface area (Å²) in [6.07, 6.45) is -0.860. The van der Waals surface area contributed by atoms with Crippen molar-refractivity contribution < 1.29 is 27.5 Å². The first-order valence-electron chi connectivity index (χ1n) is 7.70. The molecule has 1 atom stereocenters. The number of nitrogens with zero attached hydrogens (tertiary/aromatic N) is 1. The van der Waals surface area contributed by atoms with E-state index in [9.17, 15) is 18.0 Å². The van der Waals surface area contributed by atoms with Crippen molar-refractivity contribution in [1.29, 1.82) is 0 Å². The van der Waals surface area contributed by atoms with Crippen molar-refractivity contribution in [3.05, 3.63) is 30.3 Å². The summed E-state index contributed by atoms with van der Waals surface area (Å²) in [5.41, 5.74) is 0. The smallest absolute Gasteiger partial charge is 0.309 e. The molecule has 138 valence electrons. The maximum Gasteiger partial charge on any atom is 0.309 e. The highest BCUT2D eigenvalue weighted by Crippen LogP contribution is 2.21. The third-order valence-electron chi connectivity index (χ3n) is 3.53. The zero-order valence-electron chi connectivity index (χ0n) is 13.8. The maximum atomic E-state index is 12.6. The monoisotopic (exact) mass is 371 g/mol. The van der Waals surface area contributed by atoms with Gasteiger partial charge in [-0.1, -0.05) is 18.2 Å². The second-order valence-corrected chi connectivity index (χ2v) is 7.10. The summed E-state index contributed by atoms with van der Waals surface area (Å²) in [7, 11) is -2.26. The van der Waals surface area contributed by atoms with Crippen molar-refractivity contribution in [2.24, 2.45) is 0 Å². The lowest BCUT2D eigenvalue weighted by atomic mass is 10.4. The van der Waals surface area contributed by atoms with Gasteiger partial charge in [-0.2, -0.15) is 4.31 Å². The Balaban J connectivity index is 1.94. The van der Waals surface area contributed by atoms with Crippen molar-refractivity contribution in [3.63, 3.8) is 0 Å². The zero-order valence-corrected chi connectivity index (χ0v) is 14.6. The first-order valence-corrected chi connectivity index (χ1v) is 9.14. The Morgan fingerprint density at radius 1 is 1.24 bits per heavy atom. The molecular formula is C15H21N3O6S. The van der Waals surface area contributed by atoms with Crippen molar-refractivity contribution in [2.45, 2.75) is 11.1 Å². The maximum absolute atomic E-state index is 12.6. The lowest BCUT2D eigenvalue weighted by Crippen LogP contribution is -2.47. The first kappa shape index (κ1) is 19.3. The van der Waals surface area contributed by atoms with Gasteiger partial charge < -0.3 is 20.1 Å². The van der Waals surface area contributed by atoms with Crippen LogP contribution in [0.15, 0.2) is 35.2 Å². The molecule has 25 heavy (non-hydrogen) atoms. The number of carbonyl (C=O) groups is 2. The van der Waals surface area contributed by atoms with Gasteiger partial charge in [0.15, 0.2) is 0 Å². The van der Waals surface area contributed by atoms with Gasteiger partial charge in [-0.25, -0.2) is 8.42 Å². The number of rotatable bonds is 7. The van der Waals surface area contributed by atoms with Crippen LogP contribution >= 0.6 is 0 Å². The van der Waals surface area contributed by atoms with Gasteiger partial charge in [0.2, 0.25) is 10.0 Å². The van der Waals surface area contributed by atoms with Gasteiger partial charge in [0, 0.05) is 20.2 Å². The highest BCUT2D eigenvalue weighted by atomic mass is 32.2. The summed E-state index contributed by atoms with van der Waals surface area (Å²) in [6.45, 7) is 0.762. The number of methoxy groups -OCH3 is 1. The standard InChI is InChI=1S/C15H21N3O6S/c1-23-9-7-16-14(19)15(20)17-11-13-18(8-10-24-13)25(21,22)12-5-3-2-4-6-12/h2-6,13H,7-11H2,1H3,(H,16,19)(H,17,20)/t13-/m1/s1. The number of amides is 2. The average molecular weight is 371 g/mol. The summed E-state index contributed by atoms with van der Waals surface area (Å²) >= 11 is 0. The van der Waals surface area contributed by atoms with Gasteiger partial charge in [0.1, 0.15) is 6.23 Å². The second-order valence-electron chi connectivity index (χ2n) is 5.21. The van der Waals surface area contributed by atoms with Crippen molar-refractivity contribution in [3.8, 4) is 0 Å². The van der Waals surface area contributed by atoms with E-state index < -0.39 is 28.1 Å². The van der Waals surface area contributed by atoms with E-state index in [0.717, 1.165) is 0 Å². The Bertz CT molecular complexity index is 694. The van der Waals surface area contributed by atoms with Gasteiger partial charge in [-0.15, -0.1) is 0 Å². The molecular weight excluding hydrogens is 350 g/mol. The lowest BCUT2D eigenvalue weighted by molar-refractivity contribution is -0.139. The molecule has 2 rings (SSSR count). The lowest BCUT2D eigenvalue weighted by Gasteiger charge is -2.22. The van der Waals surface area contributed by atoms with E-state index in [2.05, 4.69) is 10.6 Å². The largest absolute Gasteiger partial charge is 0.383 e. The number of hydrogen-bond donors (Lipinski definition) is 2. The second kappa shape index (κ2) is 8.90. The fourth-order valence-electron chi connectivity index (χ4n) is 2.28. The van der Waals surface area contributed by atoms with Crippen LogP contribution in [0.25, 0.3) is 0 Å². The quantitative estimate of drug-likeness (QED) is 0.465. The van der Waals surface area contributed by atoms with Crippen molar-refractivity contribution >= 4 is 21.8 Å². The topological polar surface area (TPSA) is 114 Å². The highest BCUT2D eigenvalue weighted by molar-refractivity contribution is 7.89. The van der Waals surface area contributed by atoms with E-state index in [1.165, 1.54) is 23.5 Å². The minimum Gasteiger partial charge on any atom is -0.383 e. The highest BCUT2D eigenvalue weighted by Gasteiger charge is 2.36. The molecule has 0 aliphatic carbocycles. The predicted molar refractivity (Wildman–Crippen MR) is 88.0 cm³/mol. The van der Waals surface area contributed by atoms with Crippen LogP contribution in [0.4, 0.5) is 0 Å². The minimum atomic E-state index is -3.73. The van der Waals surface area contributed by atoms with Gasteiger partial charge >= 0.3 is 11.8 Å². The molecule has 1 heterocycles. The van der Waals surface area contributed by atoms with Crippen molar-refractivity contribution in [2.75, 3.05) is 40.0 Å². The average Bonchev–Trinajstić information content (AvgIpc) is 3.10. The molecule has 1 aromatic rings. The van der Waals surface area contributed by atoms with E-state index >= 15 is 0 Å². The number of nitrogens with one attached hydrogen (secondary N) is 2. The molecule has 1 fully saturated rings. The first-order chi connectivity index (χ1) is 12.0. The third kappa shape index (κ3) is 4.98. The van der Waals surface area contributed by atoms with E-state index in [4.69, 9.17) is 9.47 Å². The molecule has 10 heteroatoms. The number of carbonyl (C=O) groups excluding carboxylic acids is 2. The summed E-state index contributed by atoms with van der Waals surface area (Å²) in [5.74, 6) is -1.67. The number of hydrogen-bond acceptors (Lipinski definition) is 6. The van der Waals surface area contributed by atoms with Gasteiger partial charge in [-0.05, 0) is 12.1 Å². The summed E-state index contributed by atoms with van der Waals surface area (Å²) in [4.78, 5) is 23.5. The Kier molecular flexibility index (Phi) is 6.88. The summed E-state index contributed by atoms with van der Waals surface area (Å²) in [6, 6.07) is 7.97. The summed E-state index contributed by atoms with van der Waals surface area (Å²) < 4.78 is 36.6. The molecule has 0 saturated carbocycles. The van der Waals surface area contributed by atoms with Gasteiger partial charge in [0.25, 0.3) is 0 Å². The molecule has 1 aliphatic heterocycles. The van der Waals surface area contributed by atoms with E-state index in [-0.39, 0.29) is 37.7 Å². The number of ether oxygens (including phenoxy) is 2. The Morgan fingerprint density at radius 3 is 2.60 bits per heavy atom. The molecule has 0 unspecified atom stereocenters. The van der Waals surface area contributed by atoms with E-state index in [1.807, 2.05) is 0 Å². The SMILES string of the molecule is COCCNC(=O)C(=O)NC[C@H]1OCCN1S(=O)(=O)c1ccccc1.